The highest BCUT2D eigenvalue weighted by Gasteiger charge is 2.40. The van der Waals surface area contributed by atoms with Crippen LogP contribution in [0.2, 0.25) is 5.02 Å². The van der Waals surface area contributed by atoms with Gasteiger partial charge in [0, 0.05) is 12.6 Å². The molecule has 0 aliphatic heterocycles. The lowest BCUT2D eigenvalue weighted by molar-refractivity contribution is -0.148. The largest absolute Gasteiger partial charge is 0.479 e. The molecule has 0 aliphatic rings. The van der Waals surface area contributed by atoms with Gasteiger partial charge >= 0.3 is 5.97 Å². The maximum absolute atomic E-state index is 12.0. The fourth-order valence-corrected chi connectivity index (χ4v) is 3.06. The summed E-state index contributed by atoms with van der Waals surface area (Å²) in [6.07, 6.45) is 3.18. The number of aliphatic carboxylic acids is 1. The molecular weight excluding hydrogens is 302 g/mol. The Bertz CT molecular complexity index is 690. The van der Waals surface area contributed by atoms with E-state index in [0.29, 0.717) is 41.4 Å². The zero-order chi connectivity index (χ0) is 16.5. The Hall–Kier alpha value is -1.62. The Morgan fingerprint density at radius 3 is 2.55 bits per heavy atom. The van der Waals surface area contributed by atoms with Crippen LogP contribution in [0.5, 0.6) is 0 Å². The van der Waals surface area contributed by atoms with Crippen LogP contribution in [-0.4, -0.2) is 25.6 Å². The van der Waals surface area contributed by atoms with Crippen LogP contribution in [0.3, 0.4) is 0 Å². The lowest BCUT2D eigenvalue weighted by Gasteiger charge is -2.30. The summed E-state index contributed by atoms with van der Waals surface area (Å²) < 4.78 is 1.81. The maximum atomic E-state index is 12.0. The van der Waals surface area contributed by atoms with E-state index >= 15 is 0 Å². The third-order valence-electron chi connectivity index (χ3n) is 4.12. The number of hydrogen-bond donors (Lipinski definition) is 1. The fraction of sp³-hybridized carbons (Fsp3) is 0.562. The summed E-state index contributed by atoms with van der Waals surface area (Å²) in [6.45, 7) is 7.95. The molecule has 0 saturated heterocycles. The van der Waals surface area contributed by atoms with E-state index in [9.17, 15) is 9.90 Å². The van der Waals surface area contributed by atoms with Gasteiger partial charge in [0.15, 0.2) is 5.65 Å². The van der Waals surface area contributed by atoms with Crippen molar-refractivity contribution in [1.29, 1.82) is 0 Å². The quantitative estimate of drug-likeness (QED) is 0.875. The summed E-state index contributed by atoms with van der Waals surface area (Å²) in [5, 5.41) is 10.4. The van der Waals surface area contributed by atoms with E-state index in [4.69, 9.17) is 11.6 Å². The molecule has 1 N–H and O–H groups in total. The third-order valence-corrected chi connectivity index (χ3v) is 4.33. The molecule has 0 aromatic carbocycles. The van der Waals surface area contributed by atoms with Crippen LogP contribution in [-0.2, 0) is 16.8 Å². The molecule has 0 radical (unpaired) electrons. The summed E-state index contributed by atoms with van der Waals surface area (Å²) in [5.41, 5.74) is 0.210. The van der Waals surface area contributed by atoms with Crippen LogP contribution >= 0.6 is 11.6 Å². The van der Waals surface area contributed by atoms with E-state index < -0.39 is 11.5 Å². The molecular formula is C16H22ClN3O2. The first-order valence-electron chi connectivity index (χ1n) is 7.62. The predicted molar refractivity (Wildman–Crippen MR) is 87.3 cm³/mol. The normalized spacial score (nSPS) is 12.3. The molecule has 6 heteroatoms. The predicted octanol–water partition coefficient (Wildman–Crippen LogP) is 3.88. The zero-order valence-electron chi connectivity index (χ0n) is 13.4. The average Bonchev–Trinajstić information content (AvgIpc) is 2.77. The van der Waals surface area contributed by atoms with Crippen LogP contribution in [0.25, 0.3) is 11.2 Å². The maximum Gasteiger partial charge on any atom is 0.329 e. The van der Waals surface area contributed by atoms with Crippen LogP contribution in [0, 0.1) is 5.92 Å². The Morgan fingerprint density at radius 2 is 2.05 bits per heavy atom. The second-order valence-electron chi connectivity index (χ2n) is 6.00. The molecule has 0 bridgehead atoms. The van der Waals surface area contributed by atoms with Crippen molar-refractivity contribution in [2.24, 2.45) is 5.92 Å². The molecule has 120 valence electrons. The molecule has 2 heterocycles. The number of carboxylic acid groups (broad SMARTS) is 1. The van der Waals surface area contributed by atoms with Crippen molar-refractivity contribution < 1.29 is 9.90 Å². The van der Waals surface area contributed by atoms with Gasteiger partial charge in [-0.2, -0.15) is 0 Å². The fourth-order valence-electron chi connectivity index (χ4n) is 2.90. The van der Waals surface area contributed by atoms with Gasteiger partial charge < -0.3 is 5.11 Å². The van der Waals surface area contributed by atoms with Crippen molar-refractivity contribution in [1.82, 2.24) is 14.5 Å². The van der Waals surface area contributed by atoms with Crippen molar-refractivity contribution >= 4 is 28.7 Å². The average molecular weight is 324 g/mol. The molecule has 5 nitrogen and oxygen atoms in total. The lowest BCUT2D eigenvalue weighted by atomic mass is 9.92. The van der Waals surface area contributed by atoms with Crippen LogP contribution in [0.1, 0.15) is 46.4 Å². The number of carboxylic acids is 1. The summed E-state index contributed by atoms with van der Waals surface area (Å²) in [7, 11) is 0. The molecule has 0 unspecified atom stereocenters. The molecule has 2 rings (SSSR count). The molecule has 0 fully saturated rings. The monoisotopic (exact) mass is 323 g/mol. The van der Waals surface area contributed by atoms with Gasteiger partial charge in [0.1, 0.15) is 16.9 Å². The zero-order valence-corrected chi connectivity index (χ0v) is 14.2. The summed E-state index contributed by atoms with van der Waals surface area (Å²) in [5.74, 6) is 0.274. The van der Waals surface area contributed by atoms with Gasteiger partial charge in [0.2, 0.25) is 0 Å². The highest BCUT2D eigenvalue weighted by Crippen LogP contribution is 2.32. The number of fused-ring (bicyclic) bond motifs is 1. The molecule has 0 amide bonds. The van der Waals surface area contributed by atoms with Crippen molar-refractivity contribution in [2.45, 2.75) is 52.5 Å². The summed E-state index contributed by atoms with van der Waals surface area (Å²) >= 11 is 6.00. The number of carbonyl (C=O) groups is 1. The Labute approximate surface area is 135 Å². The third kappa shape index (κ3) is 2.70. The molecule has 22 heavy (non-hydrogen) atoms. The minimum atomic E-state index is -1.03. The first kappa shape index (κ1) is 16.7. The smallest absolute Gasteiger partial charge is 0.329 e. The first-order chi connectivity index (χ1) is 10.4. The Morgan fingerprint density at radius 1 is 1.41 bits per heavy atom. The van der Waals surface area contributed by atoms with E-state index in [1.54, 1.807) is 16.8 Å². The van der Waals surface area contributed by atoms with Gasteiger partial charge in [-0.05, 0) is 24.8 Å². The minimum Gasteiger partial charge on any atom is -0.479 e. The number of nitrogens with zero attached hydrogens (tertiary/aromatic N) is 3. The van der Waals surface area contributed by atoms with E-state index in [1.165, 1.54) is 0 Å². The van der Waals surface area contributed by atoms with Gasteiger partial charge in [-0.15, -0.1) is 0 Å². The molecule has 2 aromatic heterocycles. The van der Waals surface area contributed by atoms with Gasteiger partial charge in [-0.3, -0.25) is 4.57 Å². The van der Waals surface area contributed by atoms with E-state index in [2.05, 4.69) is 23.8 Å². The second kappa shape index (κ2) is 6.24. The Kier molecular flexibility index (Phi) is 4.75. The minimum absolute atomic E-state index is 0.367. The van der Waals surface area contributed by atoms with Crippen molar-refractivity contribution in [3.63, 3.8) is 0 Å². The highest BCUT2D eigenvalue weighted by atomic mass is 35.5. The SMILES string of the molecule is CCC(CC)(C(=O)O)n1c(CC(C)C)nc2cc(Cl)cnc21. The van der Waals surface area contributed by atoms with Gasteiger partial charge in [-0.1, -0.05) is 39.3 Å². The second-order valence-corrected chi connectivity index (χ2v) is 6.44. The van der Waals surface area contributed by atoms with Crippen molar-refractivity contribution in [3.05, 3.63) is 23.1 Å². The number of pyridine rings is 1. The molecule has 0 aliphatic carbocycles. The van der Waals surface area contributed by atoms with E-state index in [-0.39, 0.29) is 0 Å². The van der Waals surface area contributed by atoms with Crippen LogP contribution < -0.4 is 0 Å². The van der Waals surface area contributed by atoms with E-state index in [0.717, 1.165) is 5.82 Å². The molecule has 0 saturated carbocycles. The molecule has 0 atom stereocenters. The van der Waals surface area contributed by atoms with Crippen molar-refractivity contribution in [2.75, 3.05) is 0 Å². The van der Waals surface area contributed by atoms with Gasteiger partial charge in [0.05, 0.1) is 5.02 Å². The van der Waals surface area contributed by atoms with Gasteiger partial charge in [0.25, 0.3) is 0 Å². The number of hydrogen-bond acceptors (Lipinski definition) is 3. The Balaban J connectivity index is 2.80. The topological polar surface area (TPSA) is 68.0 Å². The number of aromatic nitrogens is 3. The summed E-state index contributed by atoms with van der Waals surface area (Å²) in [4.78, 5) is 21.0. The number of rotatable bonds is 6. The van der Waals surface area contributed by atoms with Crippen molar-refractivity contribution in [3.8, 4) is 0 Å². The standard InChI is InChI=1S/C16H22ClN3O2/c1-5-16(6-2,15(21)22)20-13(7-10(3)4)19-12-8-11(17)9-18-14(12)20/h8-10H,5-7H2,1-4H3,(H,21,22). The van der Waals surface area contributed by atoms with Crippen LogP contribution in [0.15, 0.2) is 12.3 Å². The van der Waals surface area contributed by atoms with Gasteiger partial charge in [-0.25, -0.2) is 14.8 Å². The number of imidazole rings is 1. The lowest BCUT2D eigenvalue weighted by Crippen LogP contribution is -2.42. The first-order valence-corrected chi connectivity index (χ1v) is 8.00. The van der Waals surface area contributed by atoms with E-state index in [1.807, 2.05) is 13.8 Å². The number of halogens is 1. The summed E-state index contributed by atoms with van der Waals surface area (Å²) in [6, 6.07) is 1.74. The molecule has 2 aromatic rings. The van der Waals surface area contributed by atoms with Crippen LogP contribution in [0.4, 0.5) is 0 Å². The molecule has 0 spiro atoms. The highest BCUT2D eigenvalue weighted by molar-refractivity contribution is 6.31.